The van der Waals surface area contributed by atoms with E-state index in [-0.39, 0.29) is 0 Å². The summed E-state index contributed by atoms with van der Waals surface area (Å²) in [5, 5.41) is 8.38. The van der Waals surface area contributed by atoms with E-state index >= 15 is 0 Å². The summed E-state index contributed by atoms with van der Waals surface area (Å²) in [6.45, 7) is 3.23. The van der Waals surface area contributed by atoms with Crippen molar-refractivity contribution in [2.75, 3.05) is 19.4 Å². The lowest BCUT2D eigenvalue weighted by molar-refractivity contribution is -0.171. The lowest BCUT2D eigenvalue weighted by Crippen LogP contribution is -2.72. The van der Waals surface area contributed by atoms with Gasteiger partial charge in [-0.3, -0.25) is 4.99 Å². The van der Waals surface area contributed by atoms with E-state index in [1.54, 1.807) is 0 Å². The van der Waals surface area contributed by atoms with Gasteiger partial charge in [-0.2, -0.15) is 11.8 Å². The van der Waals surface area contributed by atoms with Crippen LogP contribution in [-0.4, -0.2) is 48.8 Å². The van der Waals surface area contributed by atoms with E-state index in [0.29, 0.717) is 29.5 Å². The lowest BCUT2D eigenvalue weighted by atomic mass is 9.46. The van der Waals surface area contributed by atoms with Crippen molar-refractivity contribution >= 4 is 17.7 Å². The van der Waals surface area contributed by atoms with Gasteiger partial charge in [-0.15, -0.1) is 0 Å². The molecule has 24 heavy (non-hydrogen) atoms. The van der Waals surface area contributed by atoms with Gasteiger partial charge in [0.2, 0.25) is 0 Å². The molecule has 4 rings (SSSR count). The maximum Gasteiger partial charge on any atom is 0.191 e. The number of fused-ring (bicyclic) bond motifs is 2. The number of hydrogen-bond acceptors (Lipinski definition) is 3. The summed E-state index contributed by atoms with van der Waals surface area (Å²) in [4.78, 5) is 4.56. The Morgan fingerprint density at radius 2 is 2.08 bits per heavy atom. The third-order valence-electron chi connectivity index (χ3n) is 6.92. The first-order valence-corrected chi connectivity index (χ1v) is 11.0. The molecule has 1 saturated heterocycles. The van der Waals surface area contributed by atoms with Gasteiger partial charge < -0.3 is 15.4 Å². The number of aliphatic imine (C=N–C) groups is 1. The number of hydrogen-bond donors (Lipinski definition) is 2. The lowest BCUT2D eigenvalue weighted by Gasteiger charge is -2.63. The fourth-order valence-electron chi connectivity index (χ4n) is 5.63. The summed E-state index contributed by atoms with van der Waals surface area (Å²) in [6.07, 6.45) is 11.1. The first kappa shape index (κ1) is 17.0. The second kappa shape index (κ2) is 7.06. The molecule has 0 aromatic rings. The topological polar surface area (TPSA) is 45.7 Å². The minimum atomic E-state index is 0.423. The number of rotatable bonds is 4. The predicted octanol–water partition coefficient (Wildman–Crippen LogP) is 3.17. The highest BCUT2D eigenvalue weighted by molar-refractivity contribution is 7.99. The summed E-state index contributed by atoms with van der Waals surface area (Å²) in [5.74, 6) is 2.97. The SMILES string of the molecule is CCSC1CCCC(NC(=NC)NC2C3CCOC3C23CCC3)C1. The first-order valence-electron chi connectivity index (χ1n) is 10.00. The van der Waals surface area contributed by atoms with Crippen LogP contribution in [0, 0.1) is 11.3 Å². The van der Waals surface area contributed by atoms with Gasteiger partial charge in [0.15, 0.2) is 5.96 Å². The predicted molar refractivity (Wildman–Crippen MR) is 102 cm³/mol. The van der Waals surface area contributed by atoms with Crippen molar-refractivity contribution in [1.82, 2.24) is 10.6 Å². The second-order valence-corrected chi connectivity index (χ2v) is 9.69. The molecule has 4 nitrogen and oxygen atoms in total. The highest BCUT2D eigenvalue weighted by atomic mass is 32.2. The molecule has 4 aliphatic rings. The van der Waals surface area contributed by atoms with Crippen molar-refractivity contribution in [2.24, 2.45) is 16.3 Å². The maximum absolute atomic E-state index is 6.04. The van der Waals surface area contributed by atoms with E-state index in [2.05, 4.69) is 34.3 Å². The summed E-state index contributed by atoms with van der Waals surface area (Å²) in [6, 6.07) is 1.16. The Kier molecular flexibility index (Phi) is 5.01. The molecule has 0 aromatic carbocycles. The van der Waals surface area contributed by atoms with E-state index in [0.717, 1.165) is 17.8 Å². The van der Waals surface area contributed by atoms with Crippen LogP contribution in [0.4, 0.5) is 0 Å². The fourth-order valence-corrected chi connectivity index (χ4v) is 6.80. The zero-order valence-corrected chi connectivity index (χ0v) is 16.0. The third-order valence-corrected chi connectivity index (χ3v) is 8.15. The molecule has 2 N–H and O–H groups in total. The number of thioether (sulfide) groups is 1. The first-order chi connectivity index (χ1) is 11.8. The van der Waals surface area contributed by atoms with Crippen molar-refractivity contribution in [3.8, 4) is 0 Å². The molecule has 1 heterocycles. The van der Waals surface area contributed by atoms with Gasteiger partial charge >= 0.3 is 0 Å². The highest BCUT2D eigenvalue weighted by Crippen LogP contribution is 2.62. The zero-order chi connectivity index (χ0) is 16.6. The van der Waals surface area contributed by atoms with Crippen LogP contribution in [-0.2, 0) is 4.74 Å². The normalized spacial score (nSPS) is 40.6. The quantitative estimate of drug-likeness (QED) is 0.603. The summed E-state index contributed by atoms with van der Waals surface area (Å²) < 4.78 is 6.04. The number of guanidine groups is 1. The average Bonchev–Trinajstić information content (AvgIpc) is 2.95. The Labute approximate surface area is 151 Å². The molecule has 0 aromatic heterocycles. The molecule has 3 saturated carbocycles. The van der Waals surface area contributed by atoms with Crippen LogP contribution in [0.25, 0.3) is 0 Å². The van der Waals surface area contributed by atoms with Crippen molar-refractivity contribution in [2.45, 2.75) is 81.7 Å². The van der Waals surface area contributed by atoms with Gasteiger partial charge in [0.1, 0.15) is 0 Å². The summed E-state index contributed by atoms with van der Waals surface area (Å²) in [5.41, 5.74) is 0.423. The Morgan fingerprint density at radius 1 is 1.21 bits per heavy atom. The maximum atomic E-state index is 6.04. The number of nitrogens with zero attached hydrogens (tertiary/aromatic N) is 1. The molecule has 1 aliphatic heterocycles. The van der Waals surface area contributed by atoms with E-state index < -0.39 is 0 Å². The molecule has 3 aliphatic carbocycles. The van der Waals surface area contributed by atoms with Gasteiger partial charge in [0.25, 0.3) is 0 Å². The number of nitrogens with one attached hydrogen (secondary N) is 2. The van der Waals surface area contributed by atoms with Crippen molar-refractivity contribution in [3.63, 3.8) is 0 Å². The van der Waals surface area contributed by atoms with Gasteiger partial charge in [-0.25, -0.2) is 0 Å². The van der Waals surface area contributed by atoms with Crippen molar-refractivity contribution in [3.05, 3.63) is 0 Å². The van der Waals surface area contributed by atoms with Crippen LogP contribution >= 0.6 is 11.8 Å². The summed E-state index contributed by atoms with van der Waals surface area (Å²) in [7, 11) is 1.92. The Morgan fingerprint density at radius 3 is 2.79 bits per heavy atom. The van der Waals surface area contributed by atoms with E-state index in [4.69, 9.17) is 4.74 Å². The third kappa shape index (κ3) is 2.86. The molecule has 5 atom stereocenters. The molecule has 5 unspecified atom stereocenters. The monoisotopic (exact) mass is 351 g/mol. The zero-order valence-electron chi connectivity index (χ0n) is 15.2. The second-order valence-electron chi connectivity index (χ2n) is 8.11. The fraction of sp³-hybridized carbons (Fsp3) is 0.947. The van der Waals surface area contributed by atoms with Crippen LogP contribution in [0.5, 0.6) is 0 Å². The Hall–Kier alpha value is -0.420. The smallest absolute Gasteiger partial charge is 0.191 e. The van der Waals surface area contributed by atoms with E-state index in [9.17, 15) is 0 Å². The van der Waals surface area contributed by atoms with E-state index in [1.165, 1.54) is 57.1 Å². The Bertz CT molecular complexity index is 477. The molecule has 0 radical (unpaired) electrons. The molecule has 0 amide bonds. The van der Waals surface area contributed by atoms with Crippen LogP contribution < -0.4 is 10.6 Å². The number of ether oxygens (including phenoxy) is 1. The molecular weight excluding hydrogens is 318 g/mol. The van der Waals surface area contributed by atoms with Crippen LogP contribution in [0.15, 0.2) is 4.99 Å². The molecular formula is C19H33N3OS. The molecule has 5 heteroatoms. The van der Waals surface area contributed by atoms with Crippen LogP contribution in [0.3, 0.4) is 0 Å². The highest BCUT2D eigenvalue weighted by Gasteiger charge is 2.66. The van der Waals surface area contributed by atoms with E-state index in [1.807, 2.05) is 7.05 Å². The van der Waals surface area contributed by atoms with Crippen molar-refractivity contribution in [1.29, 1.82) is 0 Å². The molecule has 4 fully saturated rings. The van der Waals surface area contributed by atoms with Crippen LogP contribution in [0.2, 0.25) is 0 Å². The standard InChI is InChI=1S/C19H33N3OS/c1-3-24-14-7-4-6-13(12-14)21-18(20-2)22-16-15-8-11-23-17(15)19(16)9-5-10-19/h13-17H,3-12H2,1-2H3,(H2,20,21,22). The van der Waals surface area contributed by atoms with Crippen molar-refractivity contribution < 1.29 is 4.74 Å². The summed E-state index contributed by atoms with van der Waals surface area (Å²) >= 11 is 2.13. The minimum absolute atomic E-state index is 0.423. The molecule has 1 spiro atoms. The minimum Gasteiger partial charge on any atom is -0.377 e. The Balaban J connectivity index is 1.35. The van der Waals surface area contributed by atoms with Gasteiger partial charge in [0, 0.05) is 42.3 Å². The average molecular weight is 352 g/mol. The molecule has 0 bridgehead atoms. The van der Waals surface area contributed by atoms with Gasteiger partial charge in [0.05, 0.1) is 6.10 Å². The van der Waals surface area contributed by atoms with Crippen LogP contribution in [0.1, 0.15) is 58.3 Å². The van der Waals surface area contributed by atoms with Gasteiger partial charge in [-0.1, -0.05) is 19.8 Å². The largest absolute Gasteiger partial charge is 0.377 e. The molecule has 136 valence electrons. The van der Waals surface area contributed by atoms with Gasteiger partial charge in [-0.05, 0) is 44.3 Å².